The summed E-state index contributed by atoms with van der Waals surface area (Å²) in [4.78, 5) is 36.2. The van der Waals surface area contributed by atoms with E-state index in [1.165, 1.54) is 36.4 Å². The lowest BCUT2D eigenvalue weighted by atomic mass is 10.2. The Morgan fingerprint density at radius 3 is 2.70 bits per heavy atom. The predicted octanol–water partition coefficient (Wildman–Crippen LogP) is 2.62. The second-order valence-corrected chi connectivity index (χ2v) is 4.72. The van der Waals surface area contributed by atoms with Crippen LogP contribution in [0, 0.1) is 10.1 Å². The fraction of sp³-hybridized carbons (Fsp3) is 0.0667. The van der Waals surface area contributed by atoms with Crippen LogP contribution in [0.3, 0.4) is 0 Å². The molecule has 0 saturated carbocycles. The molecule has 3 rings (SSSR count). The lowest BCUT2D eigenvalue weighted by Crippen LogP contribution is -2.24. The van der Waals surface area contributed by atoms with E-state index in [1.54, 1.807) is 24.4 Å². The molecule has 23 heavy (non-hydrogen) atoms. The minimum Gasteiger partial charge on any atom is -0.274 e. The molecule has 0 saturated heterocycles. The van der Waals surface area contributed by atoms with Crippen LogP contribution in [-0.4, -0.2) is 25.8 Å². The highest BCUT2D eigenvalue weighted by Gasteiger charge is 2.19. The molecule has 8 nitrogen and oxygen atoms in total. The van der Waals surface area contributed by atoms with Gasteiger partial charge < -0.3 is 0 Å². The third-order valence-electron chi connectivity index (χ3n) is 3.18. The van der Waals surface area contributed by atoms with Crippen molar-refractivity contribution in [2.24, 2.45) is 0 Å². The van der Waals surface area contributed by atoms with E-state index in [2.05, 4.69) is 15.0 Å². The normalized spacial score (nSPS) is 10.5. The zero-order valence-electron chi connectivity index (χ0n) is 12.1. The van der Waals surface area contributed by atoms with Crippen molar-refractivity contribution in [1.29, 1.82) is 0 Å². The van der Waals surface area contributed by atoms with Crippen molar-refractivity contribution < 1.29 is 9.72 Å². The van der Waals surface area contributed by atoms with Crippen LogP contribution >= 0.6 is 0 Å². The first-order chi connectivity index (χ1) is 11.1. The molecule has 0 aliphatic carbocycles. The summed E-state index contributed by atoms with van der Waals surface area (Å²) >= 11 is 0. The maximum absolute atomic E-state index is 12.0. The Morgan fingerprint density at radius 2 is 1.96 bits per heavy atom. The summed E-state index contributed by atoms with van der Waals surface area (Å²) in [6.45, 7) is 1.35. The van der Waals surface area contributed by atoms with E-state index in [0.29, 0.717) is 16.7 Å². The van der Waals surface area contributed by atoms with Gasteiger partial charge in [0, 0.05) is 25.4 Å². The fourth-order valence-corrected chi connectivity index (χ4v) is 2.18. The quantitative estimate of drug-likeness (QED) is 0.544. The maximum Gasteiger partial charge on any atom is 0.274 e. The third-order valence-corrected chi connectivity index (χ3v) is 3.18. The van der Waals surface area contributed by atoms with Gasteiger partial charge in [0.1, 0.15) is 5.82 Å². The molecule has 1 amide bonds. The van der Waals surface area contributed by atoms with Crippen LogP contribution in [0.4, 0.5) is 17.2 Å². The number of hydrogen-bond acceptors (Lipinski definition) is 6. The number of amides is 1. The average molecular weight is 309 g/mol. The highest BCUT2D eigenvalue weighted by molar-refractivity contribution is 5.99. The number of nitrogens with zero attached hydrogens (tertiary/aromatic N) is 5. The standard InChI is InChI=1S/C15H11N5O3/c1-10(21)19(15-8-11(20(22)23)4-6-17-15)12-7-14-13(18-9-12)3-2-5-16-14/h2-9H,1H3. The molecule has 0 aliphatic rings. The second kappa shape index (κ2) is 5.76. The van der Waals surface area contributed by atoms with E-state index >= 15 is 0 Å². The Kier molecular flexibility index (Phi) is 3.63. The predicted molar refractivity (Wildman–Crippen MR) is 83.2 cm³/mol. The smallest absolute Gasteiger partial charge is 0.274 e. The van der Waals surface area contributed by atoms with Crippen molar-refractivity contribution in [3.05, 3.63) is 59.0 Å². The number of anilines is 2. The molecule has 0 aromatic carbocycles. The van der Waals surface area contributed by atoms with Gasteiger partial charge in [-0.2, -0.15) is 0 Å². The van der Waals surface area contributed by atoms with E-state index in [4.69, 9.17) is 0 Å². The number of pyridine rings is 3. The van der Waals surface area contributed by atoms with Gasteiger partial charge in [0.15, 0.2) is 0 Å². The minimum absolute atomic E-state index is 0.145. The van der Waals surface area contributed by atoms with E-state index in [0.717, 1.165) is 0 Å². The summed E-state index contributed by atoms with van der Waals surface area (Å²) in [7, 11) is 0. The SMILES string of the molecule is CC(=O)N(c1cnc2cccnc2c1)c1cc([N+](=O)[O-])ccn1. The molecule has 0 radical (unpaired) electrons. The van der Waals surface area contributed by atoms with Gasteiger partial charge in [0.2, 0.25) is 5.91 Å². The first-order valence-electron chi connectivity index (χ1n) is 6.68. The summed E-state index contributed by atoms with van der Waals surface area (Å²) in [6.07, 6.45) is 4.42. The monoisotopic (exact) mass is 309 g/mol. The van der Waals surface area contributed by atoms with Crippen molar-refractivity contribution in [2.75, 3.05) is 4.90 Å². The summed E-state index contributed by atoms with van der Waals surface area (Å²) in [5, 5.41) is 10.9. The number of carbonyl (C=O) groups is 1. The molecule has 114 valence electrons. The van der Waals surface area contributed by atoms with Gasteiger partial charge in [0.05, 0.1) is 33.9 Å². The molecular formula is C15H11N5O3. The fourth-order valence-electron chi connectivity index (χ4n) is 2.18. The van der Waals surface area contributed by atoms with Gasteiger partial charge in [-0.3, -0.25) is 29.8 Å². The number of carbonyl (C=O) groups excluding carboxylic acids is 1. The lowest BCUT2D eigenvalue weighted by molar-refractivity contribution is -0.384. The van der Waals surface area contributed by atoms with Gasteiger partial charge in [-0.05, 0) is 18.2 Å². The molecule has 0 unspecified atom stereocenters. The van der Waals surface area contributed by atoms with Crippen LogP contribution < -0.4 is 4.90 Å². The number of fused-ring (bicyclic) bond motifs is 1. The molecule has 3 heterocycles. The molecule has 0 bridgehead atoms. The van der Waals surface area contributed by atoms with Crippen LogP contribution in [0.25, 0.3) is 11.0 Å². The van der Waals surface area contributed by atoms with Crippen LogP contribution in [0.2, 0.25) is 0 Å². The van der Waals surface area contributed by atoms with Crippen LogP contribution in [0.15, 0.2) is 48.9 Å². The second-order valence-electron chi connectivity index (χ2n) is 4.72. The average Bonchev–Trinajstić information content (AvgIpc) is 2.55. The van der Waals surface area contributed by atoms with Crippen molar-refractivity contribution in [1.82, 2.24) is 15.0 Å². The Labute approximate surface area is 130 Å². The summed E-state index contributed by atoms with van der Waals surface area (Å²) in [6, 6.07) is 7.76. The van der Waals surface area contributed by atoms with Gasteiger partial charge in [-0.25, -0.2) is 4.98 Å². The first-order valence-corrected chi connectivity index (χ1v) is 6.68. The Balaban J connectivity index is 2.12. The highest BCUT2D eigenvalue weighted by atomic mass is 16.6. The van der Waals surface area contributed by atoms with E-state index in [-0.39, 0.29) is 17.4 Å². The molecule has 3 aromatic rings. The molecule has 3 aromatic heterocycles. The largest absolute Gasteiger partial charge is 0.274 e. The summed E-state index contributed by atoms with van der Waals surface area (Å²) in [5.41, 5.74) is 1.60. The molecular weight excluding hydrogens is 298 g/mol. The molecule has 0 atom stereocenters. The number of nitro groups is 1. The summed E-state index contributed by atoms with van der Waals surface area (Å²) < 4.78 is 0. The molecule has 0 fully saturated rings. The number of aromatic nitrogens is 3. The summed E-state index contributed by atoms with van der Waals surface area (Å²) in [5.74, 6) is -0.182. The van der Waals surface area contributed by atoms with Crippen LogP contribution in [-0.2, 0) is 4.79 Å². The van der Waals surface area contributed by atoms with Crippen molar-refractivity contribution in [3.63, 3.8) is 0 Å². The van der Waals surface area contributed by atoms with Crippen LogP contribution in [0.5, 0.6) is 0 Å². The Morgan fingerprint density at radius 1 is 1.13 bits per heavy atom. The Bertz CT molecular complexity index is 912. The number of rotatable bonds is 3. The number of hydrogen-bond donors (Lipinski definition) is 0. The van der Waals surface area contributed by atoms with Gasteiger partial charge in [-0.15, -0.1) is 0 Å². The maximum atomic E-state index is 12.0. The topological polar surface area (TPSA) is 102 Å². The van der Waals surface area contributed by atoms with E-state index in [9.17, 15) is 14.9 Å². The highest BCUT2D eigenvalue weighted by Crippen LogP contribution is 2.27. The van der Waals surface area contributed by atoms with Gasteiger partial charge >= 0.3 is 0 Å². The third kappa shape index (κ3) is 2.82. The first kappa shape index (κ1) is 14.5. The van der Waals surface area contributed by atoms with Gasteiger partial charge in [-0.1, -0.05) is 0 Å². The molecule has 8 heteroatoms. The van der Waals surface area contributed by atoms with Crippen LogP contribution in [0.1, 0.15) is 6.92 Å². The zero-order chi connectivity index (χ0) is 16.4. The minimum atomic E-state index is -0.538. The zero-order valence-corrected chi connectivity index (χ0v) is 12.1. The van der Waals surface area contributed by atoms with E-state index in [1.807, 2.05) is 0 Å². The molecule has 0 N–H and O–H groups in total. The Hall–Kier alpha value is -3.42. The molecule has 0 aliphatic heterocycles. The van der Waals surface area contributed by atoms with Crippen molar-refractivity contribution >= 4 is 34.1 Å². The molecule has 0 spiro atoms. The van der Waals surface area contributed by atoms with E-state index < -0.39 is 4.92 Å². The van der Waals surface area contributed by atoms with Crippen molar-refractivity contribution in [2.45, 2.75) is 6.92 Å². The van der Waals surface area contributed by atoms with Gasteiger partial charge in [0.25, 0.3) is 5.69 Å². The van der Waals surface area contributed by atoms with Crippen molar-refractivity contribution in [3.8, 4) is 0 Å². The lowest BCUT2D eigenvalue weighted by Gasteiger charge is -2.19.